The van der Waals surface area contributed by atoms with E-state index >= 15 is 0 Å². The minimum absolute atomic E-state index is 0.0373. The number of H-pyrrole nitrogens is 1. The van der Waals surface area contributed by atoms with Crippen LogP contribution >= 0.6 is 11.6 Å². The van der Waals surface area contributed by atoms with Crippen molar-refractivity contribution >= 4 is 11.6 Å². The average molecular weight is 503 g/mol. The molecule has 186 valence electrons. The van der Waals surface area contributed by atoms with Crippen molar-refractivity contribution in [1.29, 1.82) is 0 Å². The summed E-state index contributed by atoms with van der Waals surface area (Å²) in [6, 6.07) is 9.66. The number of benzene rings is 1. The molecule has 1 N–H and O–H groups in total. The van der Waals surface area contributed by atoms with E-state index in [4.69, 9.17) is 21.1 Å². The SMILES string of the molecule is COc1cc(OCc2ccc(C)cn2)ccc1-c1c(Cl)[nH]c(C2CCC(F)(F)CC2)[n+]1CC1CC1. The molecule has 1 aromatic carbocycles. The minimum atomic E-state index is -2.57. The number of hydrogen-bond donors (Lipinski definition) is 1. The van der Waals surface area contributed by atoms with Crippen molar-refractivity contribution in [2.45, 2.75) is 70.4 Å². The maximum Gasteiger partial charge on any atom is 0.259 e. The van der Waals surface area contributed by atoms with Gasteiger partial charge >= 0.3 is 0 Å². The van der Waals surface area contributed by atoms with E-state index in [2.05, 4.69) is 14.5 Å². The molecule has 2 aliphatic rings. The molecule has 0 bridgehead atoms. The Morgan fingerprint density at radius 3 is 2.57 bits per heavy atom. The van der Waals surface area contributed by atoms with Crippen LogP contribution in [0.4, 0.5) is 8.78 Å². The Kier molecular flexibility index (Phi) is 6.71. The second-order valence-corrected chi connectivity index (χ2v) is 10.2. The molecule has 8 heteroatoms. The molecular formula is C27H31ClF2N3O2+. The summed E-state index contributed by atoms with van der Waals surface area (Å²) in [4.78, 5) is 7.73. The van der Waals surface area contributed by atoms with E-state index in [-0.39, 0.29) is 18.8 Å². The van der Waals surface area contributed by atoms with E-state index in [1.54, 1.807) is 7.11 Å². The van der Waals surface area contributed by atoms with Gasteiger partial charge < -0.3 is 9.47 Å². The summed E-state index contributed by atoms with van der Waals surface area (Å²) in [5.74, 6) is 0.319. The van der Waals surface area contributed by atoms with Gasteiger partial charge in [-0.25, -0.2) is 18.3 Å². The Bertz CT molecular complexity index is 1180. The fourth-order valence-corrected chi connectivity index (χ4v) is 5.12. The molecule has 2 aromatic heterocycles. The van der Waals surface area contributed by atoms with E-state index in [0.29, 0.717) is 42.0 Å². The zero-order chi connectivity index (χ0) is 24.6. The first kappa shape index (κ1) is 24.0. The van der Waals surface area contributed by atoms with Gasteiger partial charge in [0.25, 0.3) is 5.82 Å². The Morgan fingerprint density at radius 2 is 1.91 bits per heavy atom. The lowest BCUT2D eigenvalue weighted by Gasteiger charge is -2.26. The van der Waals surface area contributed by atoms with Crippen molar-refractivity contribution in [2.24, 2.45) is 5.92 Å². The fraction of sp³-hybridized carbons (Fsp3) is 0.481. The molecule has 2 aliphatic carbocycles. The van der Waals surface area contributed by atoms with Crippen LogP contribution in [-0.2, 0) is 13.2 Å². The summed E-state index contributed by atoms with van der Waals surface area (Å²) in [6.45, 7) is 3.17. The third-order valence-corrected chi connectivity index (χ3v) is 7.31. The topological polar surface area (TPSA) is 51.0 Å². The fourth-order valence-electron chi connectivity index (χ4n) is 4.82. The number of aromatic amines is 1. The van der Waals surface area contributed by atoms with E-state index in [9.17, 15) is 8.78 Å². The van der Waals surface area contributed by atoms with Crippen molar-refractivity contribution in [3.8, 4) is 22.8 Å². The monoisotopic (exact) mass is 502 g/mol. The molecule has 0 atom stereocenters. The molecule has 0 aliphatic heterocycles. The quantitative estimate of drug-likeness (QED) is 0.352. The molecule has 0 unspecified atom stereocenters. The molecule has 0 saturated heterocycles. The Balaban J connectivity index is 1.44. The van der Waals surface area contributed by atoms with Gasteiger partial charge in [0.15, 0.2) is 5.69 Å². The summed E-state index contributed by atoms with van der Waals surface area (Å²) in [6.07, 6.45) is 4.90. The Labute approximate surface area is 209 Å². The summed E-state index contributed by atoms with van der Waals surface area (Å²) >= 11 is 6.77. The molecule has 2 saturated carbocycles. The normalized spacial score (nSPS) is 18.0. The predicted octanol–water partition coefficient (Wildman–Crippen LogP) is 6.62. The Morgan fingerprint density at radius 1 is 1.14 bits per heavy atom. The van der Waals surface area contributed by atoms with Crippen LogP contribution in [-0.4, -0.2) is 23.0 Å². The van der Waals surface area contributed by atoms with Crippen LogP contribution in [0.3, 0.4) is 0 Å². The first-order chi connectivity index (χ1) is 16.8. The molecule has 0 spiro atoms. The van der Waals surface area contributed by atoms with Gasteiger partial charge in [-0.2, -0.15) is 0 Å². The molecule has 5 rings (SSSR count). The second kappa shape index (κ2) is 9.76. The number of hydrogen-bond acceptors (Lipinski definition) is 3. The van der Waals surface area contributed by atoms with Crippen molar-refractivity contribution in [1.82, 2.24) is 9.97 Å². The van der Waals surface area contributed by atoms with Gasteiger partial charge in [-0.1, -0.05) is 6.07 Å². The lowest BCUT2D eigenvalue weighted by molar-refractivity contribution is -0.697. The van der Waals surface area contributed by atoms with Crippen LogP contribution in [0.25, 0.3) is 11.3 Å². The highest BCUT2D eigenvalue weighted by molar-refractivity contribution is 6.31. The smallest absolute Gasteiger partial charge is 0.259 e. The second-order valence-electron chi connectivity index (χ2n) is 9.83. The van der Waals surface area contributed by atoms with Gasteiger partial charge in [0.1, 0.15) is 18.1 Å². The van der Waals surface area contributed by atoms with Crippen molar-refractivity contribution < 1.29 is 22.8 Å². The molecule has 0 radical (unpaired) electrons. The highest BCUT2D eigenvalue weighted by atomic mass is 35.5. The van der Waals surface area contributed by atoms with Crippen LogP contribution in [0.15, 0.2) is 36.5 Å². The standard InChI is InChI=1S/C27H30ClF2N3O2/c1-17-3-6-20(31-14-17)16-35-21-7-8-22(23(13-21)34-2)24-25(28)32-26(33(24)15-18-4-5-18)19-9-11-27(29,30)12-10-19/h3,6-8,13-14,18-19H,4-5,9-12,15-16H2,1-2H3/p+1. The number of aromatic nitrogens is 3. The number of ether oxygens (including phenoxy) is 2. The summed E-state index contributed by atoms with van der Waals surface area (Å²) in [5.41, 5.74) is 3.64. The molecule has 0 amide bonds. The minimum Gasteiger partial charge on any atom is -0.496 e. The molecule has 2 heterocycles. The molecule has 2 fully saturated rings. The summed E-state index contributed by atoms with van der Waals surface area (Å²) < 4.78 is 41.5. The van der Waals surface area contributed by atoms with Crippen LogP contribution in [0.5, 0.6) is 11.5 Å². The van der Waals surface area contributed by atoms with Crippen LogP contribution < -0.4 is 14.0 Å². The number of nitrogens with zero attached hydrogens (tertiary/aromatic N) is 2. The number of pyridine rings is 1. The molecule has 3 aromatic rings. The van der Waals surface area contributed by atoms with Gasteiger partial charge in [0.2, 0.25) is 11.1 Å². The van der Waals surface area contributed by atoms with Gasteiger partial charge in [0, 0.05) is 25.1 Å². The maximum absolute atomic E-state index is 13.8. The van der Waals surface area contributed by atoms with Gasteiger partial charge in [0.05, 0.1) is 30.8 Å². The predicted molar refractivity (Wildman–Crippen MR) is 130 cm³/mol. The highest BCUT2D eigenvalue weighted by Crippen LogP contribution is 2.43. The number of imidazole rings is 1. The van der Waals surface area contributed by atoms with E-state index in [1.165, 1.54) is 12.8 Å². The summed E-state index contributed by atoms with van der Waals surface area (Å²) in [7, 11) is 1.63. The average Bonchev–Trinajstić information content (AvgIpc) is 3.61. The van der Waals surface area contributed by atoms with Gasteiger partial charge in [-0.15, -0.1) is 0 Å². The van der Waals surface area contributed by atoms with Crippen molar-refractivity contribution in [3.63, 3.8) is 0 Å². The summed E-state index contributed by atoms with van der Waals surface area (Å²) in [5, 5.41) is 0.508. The first-order valence-electron chi connectivity index (χ1n) is 12.2. The zero-order valence-corrected chi connectivity index (χ0v) is 20.9. The van der Waals surface area contributed by atoms with E-state index in [0.717, 1.165) is 34.9 Å². The van der Waals surface area contributed by atoms with Gasteiger partial charge in [-0.3, -0.25) is 4.98 Å². The molecule has 5 nitrogen and oxygen atoms in total. The largest absolute Gasteiger partial charge is 0.496 e. The van der Waals surface area contributed by atoms with Crippen molar-refractivity contribution in [3.05, 3.63) is 58.8 Å². The number of methoxy groups -OCH3 is 1. The number of aryl methyl sites for hydroxylation is 1. The lowest BCUT2D eigenvalue weighted by Crippen LogP contribution is -2.42. The van der Waals surface area contributed by atoms with Crippen LogP contribution in [0.1, 0.15) is 61.5 Å². The van der Waals surface area contributed by atoms with Crippen LogP contribution in [0, 0.1) is 12.8 Å². The molecular weight excluding hydrogens is 472 g/mol. The number of alkyl halides is 2. The maximum atomic E-state index is 13.8. The van der Waals surface area contributed by atoms with Crippen LogP contribution in [0.2, 0.25) is 5.15 Å². The van der Waals surface area contributed by atoms with E-state index < -0.39 is 5.92 Å². The third kappa shape index (κ3) is 5.45. The van der Waals surface area contributed by atoms with Crippen molar-refractivity contribution in [2.75, 3.05) is 7.11 Å². The number of rotatable bonds is 8. The number of nitrogens with one attached hydrogen (secondary N) is 1. The molecule has 35 heavy (non-hydrogen) atoms. The van der Waals surface area contributed by atoms with Gasteiger partial charge in [-0.05, 0) is 73.9 Å². The third-order valence-electron chi connectivity index (χ3n) is 7.04. The first-order valence-corrected chi connectivity index (χ1v) is 12.6. The lowest BCUT2D eigenvalue weighted by atomic mass is 9.86. The Hall–Kier alpha value is -2.67. The van der Waals surface area contributed by atoms with E-state index in [1.807, 2.05) is 43.5 Å². The number of halogens is 3. The zero-order valence-electron chi connectivity index (χ0n) is 20.1. The highest BCUT2D eigenvalue weighted by Gasteiger charge is 2.41.